The first-order chi connectivity index (χ1) is 26.3. The molecule has 0 radical (unpaired) electrons. The summed E-state index contributed by atoms with van der Waals surface area (Å²) in [7, 11) is 0. The van der Waals surface area contributed by atoms with Crippen molar-refractivity contribution in [2.24, 2.45) is 0 Å². The van der Waals surface area contributed by atoms with Crippen LogP contribution in [0.1, 0.15) is 0 Å². The average Bonchev–Trinajstić information content (AvgIpc) is 3.82. The highest BCUT2D eigenvalue weighted by atomic mass is 15.1. The number of rotatable bonds is 7. The van der Waals surface area contributed by atoms with Crippen molar-refractivity contribution in [2.75, 3.05) is 4.90 Å². The number of hydrogen-bond acceptors (Lipinski definition) is 2. The van der Waals surface area contributed by atoms with E-state index in [-0.39, 0.29) is 0 Å². The Balaban J connectivity index is 1.19. The molecule has 0 aliphatic carbocycles. The van der Waals surface area contributed by atoms with Gasteiger partial charge in [-0.1, -0.05) is 91.0 Å². The highest BCUT2D eigenvalue weighted by Gasteiger charge is 2.20. The fraction of sp³-hybridized carbons (Fsp3) is 0. The first-order valence-electron chi connectivity index (χ1n) is 18.0. The maximum Gasteiger partial charge on any atom is 0.0548 e. The molecule has 0 atom stereocenters. The Bertz CT molecular complexity index is 2760. The van der Waals surface area contributed by atoms with Crippen molar-refractivity contribution in [3.63, 3.8) is 0 Å². The Morgan fingerprint density at radius 2 is 0.887 bits per heavy atom. The molecule has 0 unspecified atom stereocenters. The third-order valence-corrected chi connectivity index (χ3v) is 10.3. The van der Waals surface area contributed by atoms with Crippen molar-refractivity contribution in [1.82, 2.24) is 14.1 Å². The SMILES string of the molecule is c1ccc(-c2ccc(N(c3ccc(-c4ccncc4)cc3)c3ccc4c(c3)c3c5ccn(-c6ccccc6)c5ccc3n4-c3ccccc3)cc2)cc1. The molecule has 3 aromatic heterocycles. The number of fused-ring (bicyclic) bond motifs is 5. The van der Waals surface area contributed by atoms with Gasteiger partial charge in [-0.15, -0.1) is 0 Å². The molecule has 0 fully saturated rings. The summed E-state index contributed by atoms with van der Waals surface area (Å²) in [6.45, 7) is 0. The van der Waals surface area contributed by atoms with E-state index in [0.717, 1.165) is 39.6 Å². The lowest BCUT2D eigenvalue weighted by atomic mass is 10.0. The van der Waals surface area contributed by atoms with Crippen LogP contribution in [0.25, 0.3) is 66.3 Å². The smallest absolute Gasteiger partial charge is 0.0548 e. The predicted molar refractivity (Wildman–Crippen MR) is 221 cm³/mol. The molecule has 0 saturated carbocycles. The molecule has 0 saturated heterocycles. The molecule has 0 aliphatic rings. The van der Waals surface area contributed by atoms with Crippen LogP contribution in [-0.2, 0) is 0 Å². The summed E-state index contributed by atoms with van der Waals surface area (Å²) in [6.07, 6.45) is 5.88. The third-order valence-electron chi connectivity index (χ3n) is 10.3. The Morgan fingerprint density at radius 1 is 0.377 bits per heavy atom. The van der Waals surface area contributed by atoms with E-state index in [9.17, 15) is 0 Å². The lowest BCUT2D eigenvalue weighted by Gasteiger charge is -2.26. The van der Waals surface area contributed by atoms with Crippen molar-refractivity contribution < 1.29 is 0 Å². The molecule has 53 heavy (non-hydrogen) atoms. The minimum atomic E-state index is 1.08. The van der Waals surface area contributed by atoms with Crippen LogP contribution in [-0.4, -0.2) is 14.1 Å². The molecule has 0 aliphatic heterocycles. The zero-order valence-corrected chi connectivity index (χ0v) is 28.9. The van der Waals surface area contributed by atoms with E-state index in [1.807, 2.05) is 12.4 Å². The topological polar surface area (TPSA) is 26.0 Å². The Labute approximate surface area is 308 Å². The number of anilines is 3. The quantitative estimate of drug-likeness (QED) is 0.168. The van der Waals surface area contributed by atoms with Gasteiger partial charge in [-0.3, -0.25) is 4.98 Å². The summed E-state index contributed by atoms with van der Waals surface area (Å²) in [5, 5.41) is 3.67. The van der Waals surface area contributed by atoms with Gasteiger partial charge in [0.1, 0.15) is 0 Å². The Morgan fingerprint density at radius 3 is 1.53 bits per heavy atom. The van der Waals surface area contributed by atoms with Gasteiger partial charge < -0.3 is 14.0 Å². The van der Waals surface area contributed by atoms with Crippen LogP contribution < -0.4 is 4.90 Å². The average molecular weight is 679 g/mol. The molecule has 3 heterocycles. The first-order valence-corrected chi connectivity index (χ1v) is 18.0. The zero-order chi connectivity index (χ0) is 35.1. The molecule has 10 aromatic rings. The number of para-hydroxylation sites is 2. The maximum atomic E-state index is 4.22. The van der Waals surface area contributed by atoms with E-state index in [0.29, 0.717) is 0 Å². The molecule has 250 valence electrons. The first kappa shape index (κ1) is 30.6. The fourth-order valence-corrected chi connectivity index (χ4v) is 7.76. The monoisotopic (exact) mass is 678 g/mol. The minimum Gasteiger partial charge on any atom is -0.317 e. The minimum absolute atomic E-state index is 1.08. The molecule has 0 N–H and O–H groups in total. The molecule has 0 bridgehead atoms. The zero-order valence-electron chi connectivity index (χ0n) is 28.9. The molecule has 4 heteroatoms. The van der Waals surface area contributed by atoms with Gasteiger partial charge in [0, 0.05) is 63.2 Å². The van der Waals surface area contributed by atoms with Crippen LogP contribution in [0, 0.1) is 0 Å². The van der Waals surface area contributed by atoms with Crippen LogP contribution >= 0.6 is 0 Å². The highest BCUT2D eigenvalue weighted by Crippen LogP contribution is 2.43. The van der Waals surface area contributed by atoms with E-state index >= 15 is 0 Å². The van der Waals surface area contributed by atoms with Crippen molar-refractivity contribution in [2.45, 2.75) is 0 Å². The van der Waals surface area contributed by atoms with Crippen LogP contribution in [0.4, 0.5) is 17.1 Å². The maximum absolute atomic E-state index is 4.22. The van der Waals surface area contributed by atoms with Crippen LogP contribution in [0.3, 0.4) is 0 Å². The predicted octanol–water partition coefficient (Wildman–Crippen LogP) is 12.9. The summed E-state index contributed by atoms with van der Waals surface area (Å²) < 4.78 is 4.69. The lowest BCUT2D eigenvalue weighted by molar-refractivity contribution is 1.13. The summed E-state index contributed by atoms with van der Waals surface area (Å²) in [5.41, 5.74) is 13.8. The van der Waals surface area contributed by atoms with Gasteiger partial charge in [0.05, 0.1) is 16.6 Å². The molecular weight excluding hydrogens is 645 g/mol. The number of pyridine rings is 1. The van der Waals surface area contributed by atoms with Crippen molar-refractivity contribution in [3.8, 4) is 33.6 Å². The summed E-state index contributed by atoms with van der Waals surface area (Å²) in [4.78, 5) is 6.58. The Kier molecular flexibility index (Phi) is 7.43. The van der Waals surface area contributed by atoms with Gasteiger partial charge in [0.25, 0.3) is 0 Å². The summed E-state index contributed by atoms with van der Waals surface area (Å²) >= 11 is 0. The largest absolute Gasteiger partial charge is 0.317 e. The van der Waals surface area contributed by atoms with Crippen molar-refractivity contribution >= 4 is 49.8 Å². The van der Waals surface area contributed by atoms with Crippen LogP contribution in [0.5, 0.6) is 0 Å². The van der Waals surface area contributed by atoms with Crippen molar-refractivity contribution in [3.05, 3.63) is 207 Å². The van der Waals surface area contributed by atoms with Gasteiger partial charge in [-0.05, 0) is 119 Å². The highest BCUT2D eigenvalue weighted by molar-refractivity contribution is 6.22. The van der Waals surface area contributed by atoms with Crippen molar-refractivity contribution in [1.29, 1.82) is 0 Å². The lowest BCUT2D eigenvalue weighted by Crippen LogP contribution is -2.10. The molecule has 0 spiro atoms. The number of nitrogens with zero attached hydrogens (tertiary/aromatic N) is 4. The summed E-state index contributed by atoms with van der Waals surface area (Å²) in [5.74, 6) is 0. The van der Waals surface area contributed by atoms with Crippen LogP contribution in [0.2, 0.25) is 0 Å². The molecule has 4 nitrogen and oxygen atoms in total. The molecular formula is C49H34N4. The van der Waals surface area contributed by atoms with Gasteiger partial charge in [0.15, 0.2) is 0 Å². The van der Waals surface area contributed by atoms with E-state index in [1.54, 1.807) is 0 Å². The van der Waals surface area contributed by atoms with E-state index in [2.05, 4.69) is 213 Å². The molecule has 10 rings (SSSR count). The molecule has 7 aromatic carbocycles. The second kappa shape index (κ2) is 12.9. The number of benzene rings is 7. The second-order valence-corrected chi connectivity index (χ2v) is 13.3. The summed E-state index contributed by atoms with van der Waals surface area (Å²) in [6, 6.07) is 67.4. The molecule has 0 amide bonds. The number of aromatic nitrogens is 3. The van der Waals surface area contributed by atoms with E-state index in [1.165, 1.54) is 43.8 Å². The normalized spacial score (nSPS) is 11.4. The van der Waals surface area contributed by atoms with Gasteiger partial charge in [-0.25, -0.2) is 0 Å². The second-order valence-electron chi connectivity index (χ2n) is 13.3. The standard InChI is InChI=1S/C49H34N4/c1-4-10-35(11-5-1)36-16-20-41(21-17-36)52(42-22-18-37(19-23-42)38-28-31-50-32-29-38)43-24-25-47-45(34-43)49-44-30-33-51(39-12-6-2-7-13-39)46(44)26-27-48(49)53(47)40-14-8-3-9-15-40/h1-34H. The van der Waals surface area contributed by atoms with E-state index < -0.39 is 0 Å². The van der Waals surface area contributed by atoms with E-state index in [4.69, 9.17) is 0 Å². The third kappa shape index (κ3) is 5.36. The van der Waals surface area contributed by atoms with Gasteiger partial charge in [0.2, 0.25) is 0 Å². The number of hydrogen-bond donors (Lipinski definition) is 0. The van der Waals surface area contributed by atoms with Gasteiger partial charge in [-0.2, -0.15) is 0 Å². The van der Waals surface area contributed by atoms with Gasteiger partial charge >= 0.3 is 0 Å². The van der Waals surface area contributed by atoms with Crippen LogP contribution in [0.15, 0.2) is 207 Å². The Hall–Kier alpha value is -7.17. The fourth-order valence-electron chi connectivity index (χ4n) is 7.76.